The van der Waals surface area contributed by atoms with Gasteiger partial charge in [0.2, 0.25) is 0 Å². The highest BCUT2D eigenvalue weighted by atomic mass is 15.1. The minimum absolute atomic E-state index is 0.0382. The van der Waals surface area contributed by atoms with Crippen molar-refractivity contribution in [1.29, 1.82) is 0 Å². The highest BCUT2D eigenvalue weighted by Gasteiger charge is 2.27. The first-order chi connectivity index (χ1) is 32.6. The zero-order chi connectivity index (χ0) is 47.7. The quantitative estimate of drug-likeness (QED) is 0.0924. The molecular formula is C67H79N. The summed E-state index contributed by atoms with van der Waals surface area (Å²) in [7, 11) is 0. The number of fused-ring (bicyclic) bond motifs is 2. The molecule has 2 aliphatic rings. The van der Waals surface area contributed by atoms with Crippen molar-refractivity contribution in [3.63, 3.8) is 0 Å². The van der Waals surface area contributed by atoms with Crippen LogP contribution in [0, 0.1) is 0 Å². The lowest BCUT2D eigenvalue weighted by molar-refractivity contribution is 0.443. The maximum atomic E-state index is 2.60. The molecule has 0 bridgehead atoms. The summed E-state index contributed by atoms with van der Waals surface area (Å²) in [5.41, 5.74) is 17.3. The molecule has 2 aliphatic carbocycles. The lowest BCUT2D eigenvalue weighted by atomic mass is 9.80. The molecule has 0 spiro atoms. The molecule has 0 aromatic heterocycles. The van der Waals surface area contributed by atoms with Crippen LogP contribution in [0.3, 0.4) is 0 Å². The van der Waals surface area contributed by atoms with Gasteiger partial charge in [0.1, 0.15) is 0 Å². The standard InChI is InChI=1S/C67H79N/c1-45(2)49-25-21-47(22-26-49)41-55(42-48-23-27-53(28-24-48)51-17-13-11-14-18-51)64-60-39-33-57(67(8,9)10)44-63(60)65(61-40-34-56(43-62(61)64)66(5,6)7)68(58-35-29-50(30-36-58)46(3)4)59-37-31-54(32-38-59)52-19-15-12-16-20-52/h21-40,42-46,51-52H,11-20,41H2,1-10H3/b55-42-. The van der Waals surface area contributed by atoms with Gasteiger partial charge in [-0.2, -0.15) is 0 Å². The molecule has 0 saturated heterocycles. The average Bonchev–Trinajstić information content (AvgIpc) is 3.34. The molecule has 0 amide bonds. The fourth-order valence-electron chi connectivity index (χ4n) is 11.4. The first-order valence-electron chi connectivity index (χ1n) is 26.6. The van der Waals surface area contributed by atoms with Gasteiger partial charge < -0.3 is 4.90 Å². The first kappa shape index (κ1) is 47.7. The third kappa shape index (κ3) is 10.3. The van der Waals surface area contributed by atoms with Gasteiger partial charge in [-0.25, -0.2) is 0 Å². The van der Waals surface area contributed by atoms with Gasteiger partial charge in [-0.3, -0.25) is 0 Å². The van der Waals surface area contributed by atoms with Crippen LogP contribution in [0.2, 0.25) is 0 Å². The average molecular weight is 898 g/mol. The smallest absolute Gasteiger partial charge is 0.0618 e. The van der Waals surface area contributed by atoms with Crippen LogP contribution < -0.4 is 4.90 Å². The summed E-state index contributed by atoms with van der Waals surface area (Å²) in [6.07, 6.45) is 16.7. The SMILES string of the molecule is CC(C)c1ccc(C/C(=C/c2ccc(C3CCCCC3)cc2)c2c3cc(C(C)(C)C)ccc3c(N(c3ccc(C(C)C)cc3)c3ccc(C4CCCCC4)cc3)c3cc(C(C)(C)C)ccc23)cc1. The van der Waals surface area contributed by atoms with Gasteiger partial charge in [0.15, 0.2) is 0 Å². The highest BCUT2D eigenvalue weighted by Crippen LogP contribution is 2.50. The topological polar surface area (TPSA) is 3.24 Å². The van der Waals surface area contributed by atoms with Gasteiger partial charge in [0, 0.05) is 22.1 Å². The molecule has 2 fully saturated rings. The number of rotatable bonds is 11. The maximum absolute atomic E-state index is 2.60. The zero-order valence-electron chi connectivity index (χ0n) is 43.3. The van der Waals surface area contributed by atoms with Crippen LogP contribution in [-0.4, -0.2) is 0 Å². The summed E-state index contributed by atoms with van der Waals surface area (Å²) in [5.74, 6) is 2.27. The van der Waals surface area contributed by atoms with Crippen LogP contribution in [0.1, 0.15) is 207 Å². The minimum atomic E-state index is -0.0427. The number of hydrogen-bond acceptors (Lipinski definition) is 1. The first-order valence-corrected chi connectivity index (χ1v) is 26.6. The van der Waals surface area contributed by atoms with Crippen LogP contribution in [0.5, 0.6) is 0 Å². The summed E-state index contributed by atoms with van der Waals surface area (Å²) < 4.78 is 0. The predicted octanol–water partition coefficient (Wildman–Crippen LogP) is 20.2. The van der Waals surface area contributed by atoms with E-state index in [1.807, 2.05) is 0 Å². The fourth-order valence-corrected chi connectivity index (χ4v) is 11.4. The number of nitrogens with zero attached hydrogens (tertiary/aromatic N) is 1. The van der Waals surface area contributed by atoms with Crippen LogP contribution in [0.4, 0.5) is 17.1 Å². The fraction of sp³-hybridized carbons (Fsp3) is 0.403. The van der Waals surface area contributed by atoms with Gasteiger partial charge >= 0.3 is 0 Å². The van der Waals surface area contributed by atoms with E-state index in [2.05, 4.69) is 214 Å². The van der Waals surface area contributed by atoms with Gasteiger partial charge in [-0.1, -0.05) is 211 Å². The number of hydrogen-bond donors (Lipinski definition) is 0. The second-order valence-electron chi connectivity index (χ2n) is 23.5. The van der Waals surface area contributed by atoms with E-state index in [-0.39, 0.29) is 10.8 Å². The summed E-state index contributed by atoms with van der Waals surface area (Å²) in [6.45, 7) is 23.4. The van der Waals surface area contributed by atoms with Crippen LogP contribution in [0.25, 0.3) is 33.2 Å². The number of allylic oxidation sites excluding steroid dienone is 1. The molecule has 0 atom stereocenters. The Morgan fingerprint density at radius 2 is 0.926 bits per heavy atom. The van der Waals surface area contributed by atoms with E-state index in [0.717, 1.165) is 6.42 Å². The van der Waals surface area contributed by atoms with Crippen LogP contribution in [-0.2, 0) is 17.3 Å². The monoisotopic (exact) mass is 898 g/mol. The van der Waals surface area contributed by atoms with Crippen molar-refractivity contribution in [2.45, 2.75) is 174 Å². The predicted molar refractivity (Wildman–Crippen MR) is 298 cm³/mol. The van der Waals surface area contributed by atoms with Crippen molar-refractivity contribution in [2.75, 3.05) is 4.90 Å². The molecule has 1 nitrogen and oxygen atoms in total. The highest BCUT2D eigenvalue weighted by molar-refractivity contribution is 6.21. The van der Waals surface area contributed by atoms with E-state index in [0.29, 0.717) is 23.7 Å². The van der Waals surface area contributed by atoms with Crippen molar-refractivity contribution in [1.82, 2.24) is 0 Å². The molecule has 68 heavy (non-hydrogen) atoms. The lowest BCUT2D eigenvalue weighted by Gasteiger charge is -2.32. The molecule has 0 aliphatic heterocycles. The molecule has 352 valence electrons. The van der Waals surface area contributed by atoms with Gasteiger partial charge in [-0.15, -0.1) is 0 Å². The Morgan fingerprint density at radius 1 is 0.485 bits per heavy atom. The Balaban J connectivity index is 1.35. The maximum Gasteiger partial charge on any atom is 0.0618 e. The summed E-state index contributed by atoms with van der Waals surface area (Å²) in [6, 6.07) is 53.2. The van der Waals surface area contributed by atoms with E-state index in [9.17, 15) is 0 Å². The molecule has 1 heteroatoms. The van der Waals surface area contributed by atoms with E-state index in [4.69, 9.17) is 0 Å². The van der Waals surface area contributed by atoms with E-state index < -0.39 is 0 Å². The van der Waals surface area contributed by atoms with E-state index in [1.54, 1.807) is 0 Å². The van der Waals surface area contributed by atoms with Crippen molar-refractivity contribution < 1.29 is 0 Å². The molecule has 2 saturated carbocycles. The summed E-state index contributed by atoms with van der Waals surface area (Å²) in [4.78, 5) is 2.60. The zero-order valence-corrected chi connectivity index (χ0v) is 43.3. The second-order valence-corrected chi connectivity index (χ2v) is 23.5. The molecule has 0 heterocycles. The van der Waals surface area contributed by atoms with Crippen LogP contribution >= 0.6 is 0 Å². The van der Waals surface area contributed by atoms with Gasteiger partial charge in [-0.05, 0) is 169 Å². The molecular weight excluding hydrogens is 819 g/mol. The van der Waals surface area contributed by atoms with E-state index >= 15 is 0 Å². The Morgan fingerprint density at radius 3 is 1.41 bits per heavy atom. The molecule has 7 aromatic carbocycles. The normalized spacial score (nSPS) is 15.8. The van der Waals surface area contributed by atoms with Crippen molar-refractivity contribution in [2.24, 2.45) is 0 Å². The number of benzene rings is 7. The molecule has 7 aromatic rings. The molecule has 0 unspecified atom stereocenters. The van der Waals surface area contributed by atoms with E-state index in [1.165, 1.54) is 158 Å². The minimum Gasteiger partial charge on any atom is -0.309 e. The van der Waals surface area contributed by atoms with Gasteiger partial charge in [0.25, 0.3) is 0 Å². The molecule has 0 radical (unpaired) electrons. The second kappa shape index (κ2) is 19.9. The summed E-state index contributed by atoms with van der Waals surface area (Å²) >= 11 is 0. The Bertz CT molecular complexity index is 2840. The van der Waals surface area contributed by atoms with Crippen molar-refractivity contribution >= 4 is 50.3 Å². The summed E-state index contributed by atoms with van der Waals surface area (Å²) in [5, 5.41) is 5.19. The Kier molecular flexibility index (Phi) is 14.0. The van der Waals surface area contributed by atoms with Crippen molar-refractivity contribution in [3.05, 3.63) is 184 Å². The number of anilines is 3. The third-order valence-electron chi connectivity index (χ3n) is 15.8. The van der Waals surface area contributed by atoms with Crippen molar-refractivity contribution in [3.8, 4) is 0 Å². The van der Waals surface area contributed by atoms with Crippen LogP contribution in [0.15, 0.2) is 133 Å². The lowest BCUT2D eigenvalue weighted by Crippen LogP contribution is -2.15. The molecule has 0 N–H and O–H groups in total. The third-order valence-corrected chi connectivity index (χ3v) is 15.8. The molecule has 9 rings (SSSR count). The Hall–Kier alpha value is -5.40. The largest absolute Gasteiger partial charge is 0.309 e. The Labute approximate surface area is 411 Å². The van der Waals surface area contributed by atoms with Gasteiger partial charge in [0.05, 0.1) is 5.69 Å².